The lowest BCUT2D eigenvalue weighted by Crippen LogP contribution is -2.42. The average Bonchev–Trinajstić information content (AvgIpc) is 2.92. The van der Waals surface area contributed by atoms with Crippen LogP contribution in [0.4, 0.5) is 10.1 Å². The standard InChI is InChI=1S/C15H15ClFN3S/c1-10-14-3-2-6-19(14)7-8-20(10)15(21)18-11-4-5-13(17)12(16)9-11/h2-6,9-10H,7-8H2,1H3,(H,18,21). The minimum atomic E-state index is -0.433. The number of nitrogens with one attached hydrogen (secondary N) is 1. The van der Waals surface area contributed by atoms with Crippen LogP contribution in [0.3, 0.4) is 0 Å². The van der Waals surface area contributed by atoms with E-state index in [0.29, 0.717) is 10.8 Å². The second-order valence-corrected chi connectivity index (χ2v) is 5.85. The van der Waals surface area contributed by atoms with E-state index in [2.05, 4.69) is 34.0 Å². The van der Waals surface area contributed by atoms with Crippen molar-refractivity contribution in [3.8, 4) is 0 Å². The third-order valence-electron chi connectivity index (χ3n) is 3.77. The Morgan fingerprint density at radius 1 is 1.38 bits per heavy atom. The Labute approximate surface area is 133 Å². The SMILES string of the molecule is CC1c2cccn2CCN1C(=S)Nc1ccc(F)c(Cl)c1. The zero-order valence-corrected chi connectivity index (χ0v) is 13.1. The van der Waals surface area contributed by atoms with Crippen LogP contribution in [-0.2, 0) is 6.54 Å². The summed E-state index contributed by atoms with van der Waals surface area (Å²) >= 11 is 11.3. The van der Waals surface area contributed by atoms with E-state index < -0.39 is 5.82 Å². The Morgan fingerprint density at radius 3 is 2.95 bits per heavy atom. The maximum atomic E-state index is 13.2. The fraction of sp³-hybridized carbons (Fsp3) is 0.267. The topological polar surface area (TPSA) is 20.2 Å². The lowest BCUT2D eigenvalue weighted by molar-refractivity contribution is 0.276. The summed E-state index contributed by atoms with van der Waals surface area (Å²) in [6.45, 7) is 3.86. The van der Waals surface area contributed by atoms with E-state index in [1.807, 2.05) is 6.07 Å². The third-order valence-corrected chi connectivity index (χ3v) is 4.40. The molecule has 0 saturated carbocycles. The van der Waals surface area contributed by atoms with Gasteiger partial charge in [0.1, 0.15) is 5.82 Å². The van der Waals surface area contributed by atoms with Crippen LogP contribution in [0, 0.1) is 5.82 Å². The highest BCUT2D eigenvalue weighted by Crippen LogP contribution is 2.26. The van der Waals surface area contributed by atoms with Crippen molar-refractivity contribution in [3.05, 3.63) is 53.1 Å². The Bertz CT molecular complexity index is 685. The highest BCUT2D eigenvalue weighted by molar-refractivity contribution is 7.80. The van der Waals surface area contributed by atoms with Crippen LogP contribution in [0.1, 0.15) is 18.7 Å². The smallest absolute Gasteiger partial charge is 0.174 e. The zero-order valence-electron chi connectivity index (χ0n) is 11.5. The first-order chi connectivity index (χ1) is 10.1. The predicted molar refractivity (Wildman–Crippen MR) is 87.2 cm³/mol. The van der Waals surface area contributed by atoms with Gasteiger partial charge in [-0.2, -0.15) is 0 Å². The number of thiocarbonyl (C=S) groups is 1. The molecule has 6 heteroatoms. The minimum absolute atomic E-state index is 0.0865. The van der Waals surface area contributed by atoms with Gasteiger partial charge in [-0.1, -0.05) is 11.6 Å². The van der Waals surface area contributed by atoms with Gasteiger partial charge in [-0.15, -0.1) is 0 Å². The summed E-state index contributed by atoms with van der Waals surface area (Å²) in [5, 5.41) is 3.84. The summed E-state index contributed by atoms with van der Waals surface area (Å²) in [5.41, 5.74) is 1.93. The van der Waals surface area contributed by atoms with Gasteiger partial charge >= 0.3 is 0 Å². The number of benzene rings is 1. The van der Waals surface area contributed by atoms with Gasteiger partial charge in [-0.25, -0.2) is 4.39 Å². The normalized spacial score (nSPS) is 17.5. The molecule has 2 aromatic rings. The van der Waals surface area contributed by atoms with Crippen LogP contribution in [-0.4, -0.2) is 21.1 Å². The van der Waals surface area contributed by atoms with Gasteiger partial charge in [-0.3, -0.25) is 0 Å². The lowest BCUT2D eigenvalue weighted by atomic mass is 10.1. The number of anilines is 1. The second-order valence-electron chi connectivity index (χ2n) is 5.05. The summed E-state index contributed by atoms with van der Waals surface area (Å²) in [4.78, 5) is 2.13. The molecule has 1 atom stereocenters. The molecule has 0 amide bonds. The first-order valence-corrected chi connectivity index (χ1v) is 7.52. The summed E-state index contributed by atoms with van der Waals surface area (Å²) in [7, 11) is 0. The molecule has 0 spiro atoms. The number of nitrogens with zero attached hydrogens (tertiary/aromatic N) is 2. The molecule has 0 radical (unpaired) electrons. The van der Waals surface area contributed by atoms with Crippen LogP contribution in [0.25, 0.3) is 0 Å². The minimum Gasteiger partial charge on any atom is -0.348 e. The fourth-order valence-electron chi connectivity index (χ4n) is 2.63. The number of fused-ring (bicyclic) bond motifs is 1. The van der Waals surface area contributed by atoms with Crippen molar-refractivity contribution in [2.24, 2.45) is 0 Å². The van der Waals surface area contributed by atoms with Crippen molar-refractivity contribution in [1.29, 1.82) is 0 Å². The Morgan fingerprint density at radius 2 is 2.19 bits per heavy atom. The molecule has 1 unspecified atom stereocenters. The zero-order chi connectivity index (χ0) is 15.0. The first-order valence-electron chi connectivity index (χ1n) is 6.74. The highest BCUT2D eigenvalue weighted by Gasteiger charge is 2.25. The number of rotatable bonds is 1. The van der Waals surface area contributed by atoms with Gasteiger partial charge in [0.2, 0.25) is 0 Å². The molecule has 0 saturated heterocycles. The van der Waals surface area contributed by atoms with Gasteiger partial charge < -0.3 is 14.8 Å². The molecular formula is C15H15ClFN3S. The summed E-state index contributed by atoms with van der Waals surface area (Å²) in [5.74, 6) is -0.433. The second kappa shape index (κ2) is 5.66. The fourth-order valence-corrected chi connectivity index (χ4v) is 3.17. The monoisotopic (exact) mass is 323 g/mol. The number of aromatic nitrogens is 1. The molecule has 1 aromatic carbocycles. The summed E-state index contributed by atoms with van der Waals surface area (Å²) in [6, 6.07) is 8.85. The third kappa shape index (κ3) is 2.76. The molecule has 1 N–H and O–H groups in total. The molecule has 110 valence electrons. The van der Waals surface area contributed by atoms with E-state index in [1.165, 1.54) is 11.8 Å². The van der Waals surface area contributed by atoms with Gasteiger partial charge in [0.15, 0.2) is 5.11 Å². The molecule has 0 aliphatic carbocycles. The van der Waals surface area contributed by atoms with Gasteiger partial charge in [0.05, 0.1) is 11.1 Å². The average molecular weight is 324 g/mol. The molecule has 1 aliphatic rings. The Balaban J connectivity index is 1.75. The first kappa shape index (κ1) is 14.4. The molecular weight excluding hydrogens is 309 g/mol. The van der Waals surface area contributed by atoms with Crippen molar-refractivity contribution in [3.63, 3.8) is 0 Å². The molecule has 2 heterocycles. The molecule has 1 aromatic heterocycles. The maximum Gasteiger partial charge on any atom is 0.174 e. The van der Waals surface area contributed by atoms with E-state index in [-0.39, 0.29) is 11.1 Å². The largest absolute Gasteiger partial charge is 0.348 e. The van der Waals surface area contributed by atoms with Gasteiger partial charge in [0.25, 0.3) is 0 Å². The van der Waals surface area contributed by atoms with E-state index in [1.54, 1.807) is 12.1 Å². The molecule has 0 bridgehead atoms. The van der Waals surface area contributed by atoms with E-state index in [9.17, 15) is 4.39 Å². The number of halogens is 2. The molecule has 0 fully saturated rings. The molecule has 21 heavy (non-hydrogen) atoms. The van der Waals surface area contributed by atoms with E-state index >= 15 is 0 Å². The Hall–Kier alpha value is -1.59. The predicted octanol–water partition coefficient (Wildman–Crippen LogP) is 4.05. The number of hydrogen-bond donors (Lipinski definition) is 1. The molecule has 3 nitrogen and oxygen atoms in total. The quantitative estimate of drug-likeness (QED) is 0.799. The lowest BCUT2D eigenvalue weighted by Gasteiger charge is -2.36. The van der Waals surface area contributed by atoms with Crippen molar-refractivity contribution in [2.45, 2.75) is 19.5 Å². The van der Waals surface area contributed by atoms with Crippen molar-refractivity contribution < 1.29 is 4.39 Å². The van der Waals surface area contributed by atoms with E-state index in [0.717, 1.165) is 13.1 Å². The Kier molecular flexibility index (Phi) is 3.87. The molecule has 1 aliphatic heterocycles. The van der Waals surface area contributed by atoms with Crippen molar-refractivity contribution >= 4 is 34.6 Å². The molecule has 3 rings (SSSR count). The van der Waals surface area contributed by atoms with Crippen LogP contribution < -0.4 is 5.32 Å². The van der Waals surface area contributed by atoms with E-state index in [4.69, 9.17) is 23.8 Å². The highest BCUT2D eigenvalue weighted by atomic mass is 35.5. The van der Waals surface area contributed by atoms with Crippen LogP contribution in [0.15, 0.2) is 36.5 Å². The van der Waals surface area contributed by atoms with Crippen LogP contribution >= 0.6 is 23.8 Å². The number of hydrogen-bond acceptors (Lipinski definition) is 1. The van der Waals surface area contributed by atoms with Crippen LogP contribution in [0.2, 0.25) is 5.02 Å². The summed E-state index contributed by atoms with van der Waals surface area (Å²) < 4.78 is 15.4. The van der Waals surface area contributed by atoms with Crippen molar-refractivity contribution in [2.75, 3.05) is 11.9 Å². The maximum absolute atomic E-state index is 13.2. The summed E-state index contributed by atoms with van der Waals surface area (Å²) in [6.07, 6.45) is 2.08. The van der Waals surface area contributed by atoms with Crippen LogP contribution in [0.5, 0.6) is 0 Å². The van der Waals surface area contributed by atoms with Gasteiger partial charge in [-0.05, 0) is 49.5 Å². The van der Waals surface area contributed by atoms with Gasteiger partial charge in [0, 0.05) is 30.7 Å². The van der Waals surface area contributed by atoms with Crippen molar-refractivity contribution in [1.82, 2.24) is 9.47 Å².